The first-order valence-corrected chi connectivity index (χ1v) is 6.05. The van der Waals surface area contributed by atoms with Gasteiger partial charge in [-0.2, -0.15) is 0 Å². The van der Waals surface area contributed by atoms with Gasteiger partial charge in [0.05, 0.1) is 0 Å². The van der Waals surface area contributed by atoms with Gasteiger partial charge in [-0.1, -0.05) is 44.0 Å². The van der Waals surface area contributed by atoms with Gasteiger partial charge in [0, 0.05) is 35.1 Å². The molecule has 0 aliphatic heterocycles. The van der Waals surface area contributed by atoms with E-state index in [-0.39, 0.29) is 26.2 Å². The molecule has 2 nitrogen and oxygen atoms in total. The van der Waals surface area contributed by atoms with E-state index in [0.29, 0.717) is 11.5 Å². The van der Waals surface area contributed by atoms with Crippen LogP contribution in [-0.4, -0.2) is 10.2 Å². The summed E-state index contributed by atoms with van der Waals surface area (Å²) in [5.41, 5.74) is 0. The largest absolute Gasteiger partial charge is 0.508 e. The molecule has 0 saturated heterocycles. The summed E-state index contributed by atoms with van der Waals surface area (Å²) in [7, 11) is 0. The van der Waals surface area contributed by atoms with Crippen LogP contribution in [0, 0.1) is 0 Å². The summed E-state index contributed by atoms with van der Waals surface area (Å²) < 4.78 is 1.80. The SMILES string of the molecule is Oc1cccc(Br)c1.Oc1cccc(Br)c1.[Zr]. The Hall–Kier alpha value is -0.117. The van der Waals surface area contributed by atoms with E-state index in [2.05, 4.69) is 31.9 Å². The van der Waals surface area contributed by atoms with E-state index in [9.17, 15) is 0 Å². The van der Waals surface area contributed by atoms with Gasteiger partial charge in [-0.3, -0.25) is 0 Å². The van der Waals surface area contributed by atoms with Crippen molar-refractivity contribution in [3.8, 4) is 11.5 Å². The van der Waals surface area contributed by atoms with Crippen LogP contribution < -0.4 is 0 Å². The molecule has 2 aromatic rings. The second-order valence-corrected chi connectivity index (χ2v) is 4.79. The van der Waals surface area contributed by atoms with E-state index in [1.165, 1.54) is 0 Å². The molecule has 0 saturated carbocycles. The third-order valence-electron chi connectivity index (χ3n) is 1.62. The molecule has 0 radical (unpaired) electrons. The molecule has 17 heavy (non-hydrogen) atoms. The van der Waals surface area contributed by atoms with Gasteiger partial charge in [0.15, 0.2) is 0 Å². The molecule has 5 heteroatoms. The first-order chi connectivity index (χ1) is 7.58. The maximum atomic E-state index is 8.78. The van der Waals surface area contributed by atoms with Crippen molar-refractivity contribution < 1.29 is 36.4 Å². The second-order valence-electron chi connectivity index (χ2n) is 2.96. The van der Waals surface area contributed by atoms with Crippen LogP contribution in [-0.2, 0) is 26.2 Å². The number of halogens is 2. The molecule has 0 aliphatic rings. The third-order valence-corrected chi connectivity index (χ3v) is 2.60. The van der Waals surface area contributed by atoms with Crippen molar-refractivity contribution >= 4 is 31.9 Å². The Labute approximate surface area is 136 Å². The van der Waals surface area contributed by atoms with Crippen molar-refractivity contribution in [2.45, 2.75) is 0 Å². The molecule has 88 valence electrons. The summed E-state index contributed by atoms with van der Waals surface area (Å²) >= 11 is 6.40. The minimum atomic E-state index is 0. The van der Waals surface area contributed by atoms with Gasteiger partial charge in [-0.15, -0.1) is 0 Å². The molecule has 0 bridgehead atoms. The maximum Gasteiger partial charge on any atom is 0.116 e. The Morgan fingerprint density at radius 3 is 1.24 bits per heavy atom. The molecule has 0 aliphatic carbocycles. The van der Waals surface area contributed by atoms with Crippen LogP contribution in [0.15, 0.2) is 57.5 Å². The second kappa shape index (κ2) is 8.90. The van der Waals surface area contributed by atoms with Crippen molar-refractivity contribution in [1.29, 1.82) is 0 Å². The number of phenolic OH excluding ortho intramolecular Hbond substituents is 2. The van der Waals surface area contributed by atoms with Crippen LogP contribution >= 0.6 is 31.9 Å². The number of rotatable bonds is 0. The topological polar surface area (TPSA) is 40.5 Å². The van der Waals surface area contributed by atoms with E-state index in [0.717, 1.165) is 8.95 Å². The number of hydrogen-bond acceptors (Lipinski definition) is 2. The summed E-state index contributed by atoms with van der Waals surface area (Å²) in [6.07, 6.45) is 0. The monoisotopic (exact) mass is 434 g/mol. The fourth-order valence-corrected chi connectivity index (χ4v) is 1.73. The number of hydrogen-bond donors (Lipinski definition) is 2. The minimum absolute atomic E-state index is 0. The number of phenols is 2. The van der Waals surface area contributed by atoms with Crippen LogP contribution in [0.25, 0.3) is 0 Å². The Bertz CT molecular complexity index is 386. The molecule has 0 spiro atoms. The molecule has 0 amide bonds. The molecular formula is C12H10Br2O2Zr. The fraction of sp³-hybridized carbons (Fsp3) is 0. The van der Waals surface area contributed by atoms with Crippen molar-refractivity contribution in [3.05, 3.63) is 57.5 Å². The summed E-state index contributed by atoms with van der Waals surface area (Å²) in [6.45, 7) is 0. The molecule has 2 aromatic carbocycles. The third kappa shape index (κ3) is 7.74. The van der Waals surface area contributed by atoms with Crippen molar-refractivity contribution in [1.82, 2.24) is 0 Å². The average Bonchev–Trinajstić information content (AvgIpc) is 2.17. The quantitative estimate of drug-likeness (QED) is 0.645. The first kappa shape index (κ1) is 16.9. The van der Waals surface area contributed by atoms with E-state index in [1.807, 2.05) is 12.1 Å². The van der Waals surface area contributed by atoms with E-state index in [1.54, 1.807) is 36.4 Å². The summed E-state index contributed by atoms with van der Waals surface area (Å²) in [4.78, 5) is 0. The average molecular weight is 437 g/mol. The maximum absolute atomic E-state index is 8.78. The molecule has 2 rings (SSSR count). The van der Waals surface area contributed by atoms with E-state index >= 15 is 0 Å². The molecule has 0 atom stereocenters. The molecular weight excluding hydrogens is 427 g/mol. The molecule has 0 aromatic heterocycles. The van der Waals surface area contributed by atoms with Gasteiger partial charge in [0.25, 0.3) is 0 Å². The fourth-order valence-electron chi connectivity index (χ4n) is 0.952. The van der Waals surface area contributed by atoms with Crippen LogP contribution in [0.2, 0.25) is 0 Å². The molecule has 0 unspecified atom stereocenters. The smallest absolute Gasteiger partial charge is 0.116 e. The van der Waals surface area contributed by atoms with Crippen LogP contribution in [0.3, 0.4) is 0 Å². The standard InChI is InChI=1S/2C6H5BrO.Zr/c2*7-5-2-1-3-6(8)4-5;/h2*1-4,8H;. The van der Waals surface area contributed by atoms with Gasteiger partial charge >= 0.3 is 0 Å². The predicted octanol–water partition coefficient (Wildman–Crippen LogP) is 4.31. The molecule has 0 fully saturated rings. The Balaban J connectivity index is 0.000000284. The predicted molar refractivity (Wildman–Crippen MR) is 71.6 cm³/mol. The zero-order valence-corrected chi connectivity index (χ0v) is 14.4. The number of benzene rings is 2. The zero-order chi connectivity index (χ0) is 12.0. The van der Waals surface area contributed by atoms with Crippen molar-refractivity contribution in [2.75, 3.05) is 0 Å². The molecule has 2 N–H and O–H groups in total. The van der Waals surface area contributed by atoms with E-state index < -0.39 is 0 Å². The summed E-state index contributed by atoms with van der Waals surface area (Å²) in [6, 6.07) is 13.8. The van der Waals surface area contributed by atoms with Crippen LogP contribution in [0.4, 0.5) is 0 Å². The minimum Gasteiger partial charge on any atom is -0.508 e. The Morgan fingerprint density at radius 1 is 0.706 bits per heavy atom. The van der Waals surface area contributed by atoms with E-state index in [4.69, 9.17) is 10.2 Å². The normalized spacial score (nSPS) is 8.59. The van der Waals surface area contributed by atoms with Gasteiger partial charge < -0.3 is 10.2 Å². The van der Waals surface area contributed by atoms with Gasteiger partial charge in [-0.25, -0.2) is 0 Å². The van der Waals surface area contributed by atoms with Gasteiger partial charge in [-0.05, 0) is 36.4 Å². The van der Waals surface area contributed by atoms with Crippen LogP contribution in [0.5, 0.6) is 11.5 Å². The summed E-state index contributed by atoms with van der Waals surface area (Å²) in [5.74, 6) is 0.582. The van der Waals surface area contributed by atoms with Gasteiger partial charge in [0.2, 0.25) is 0 Å². The van der Waals surface area contributed by atoms with Crippen molar-refractivity contribution in [2.24, 2.45) is 0 Å². The molecule has 0 heterocycles. The zero-order valence-electron chi connectivity index (χ0n) is 8.77. The van der Waals surface area contributed by atoms with Crippen LogP contribution in [0.1, 0.15) is 0 Å². The number of aromatic hydroxyl groups is 2. The van der Waals surface area contributed by atoms with Gasteiger partial charge in [0.1, 0.15) is 11.5 Å². The Kier molecular flexibility index (Phi) is 8.84. The Morgan fingerprint density at radius 2 is 1.06 bits per heavy atom. The first-order valence-electron chi connectivity index (χ1n) is 4.47. The van der Waals surface area contributed by atoms with Crippen molar-refractivity contribution in [3.63, 3.8) is 0 Å². The summed E-state index contributed by atoms with van der Waals surface area (Å²) in [5, 5.41) is 17.6.